The summed E-state index contributed by atoms with van der Waals surface area (Å²) in [6.45, 7) is 13.2. The van der Waals surface area contributed by atoms with E-state index in [4.69, 9.17) is 9.47 Å². The van der Waals surface area contributed by atoms with Crippen LogP contribution in [0.5, 0.6) is 0 Å². The predicted molar refractivity (Wildman–Crippen MR) is 60.8 cm³/mol. The highest BCUT2D eigenvalue weighted by Crippen LogP contribution is 2.44. The first kappa shape index (κ1) is 11.4. The third-order valence-corrected chi connectivity index (χ3v) is 4.06. The van der Waals surface area contributed by atoms with Gasteiger partial charge in [-0.1, -0.05) is 34.6 Å². The average Bonchev–Trinajstić information content (AvgIpc) is 2.56. The Morgan fingerprint density at radius 2 is 1.60 bits per heavy atom. The van der Waals surface area contributed by atoms with Crippen LogP contribution in [0.1, 0.15) is 34.6 Å². The molecule has 0 amide bonds. The molecule has 4 unspecified atom stereocenters. The van der Waals surface area contributed by atoms with Crippen molar-refractivity contribution in [1.29, 1.82) is 0 Å². The van der Waals surface area contributed by atoms with Crippen molar-refractivity contribution in [2.45, 2.75) is 46.8 Å². The number of rotatable bonds is 1. The molecule has 2 aliphatic rings. The second kappa shape index (κ2) is 3.74. The molecule has 2 rings (SSSR count). The highest BCUT2D eigenvalue weighted by Gasteiger charge is 2.51. The average molecular weight is 212 g/mol. The first-order valence-corrected chi connectivity index (χ1v) is 6.14. The van der Waals surface area contributed by atoms with E-state index >= 15 is 0 Å². The van der Waals surface area contributed by atoms with Gasteiger partial charge in [-0.15, -0.1) is 0 Å². The lowest BCUT2D eigenvalue weighted by molar-refractivity contribution is 0.0322. The molecule has 0 aromatic carbocycles. The predicted octanol–water partition coefficient (Wildman–Crippen LogP) is 2.72. The number of fused-ring (bicyclic) bond motifs is 1. The van der Waals surface area contributed by atoms with Crippen molar-refractivity contribution in [3.05, 3.63) is 0 Å². The van der Waals surface area contributed by atoms with Crippen LogP contribution in [-0.2, 0) is 9.47 Å². The largest absolute Gasteiger partial charge is 0.375 e. The number of hydrogen-bond acceptors (Lipinski definition) is 2. The molecule has 4 atom stereocenters. The van der Waals surface area contributed by atoms with Crippen molar-refractivity contribution in [2.75, 3.05) is 13.2 Å². The van der Waals surface area contributed by atoms with E-state index in [1.807, 2.05) is 0 Å². The van der Waals surface area contributed by atoms with Crippen LogP contribution in [0.4, 0.5) is 0 Å². The molecule has 2 heterocycles. The molecular formula is C13H24O2. The maximum Gasteiger partial charge on any atom is 0.0895 e. The molecule has 2 nitrogen and oxygen atoms in total. The molecule has 2 saturated heterocycles. The summed E-state index contributed by atoms with van der Waals surface area (Å²) in [5.74, 6) is 1.83. The van der Waals surface area contributed by atoms with Crippen LogP contribution >= 0.6 is 0 Å². The summed E-state index contributed by atoms with van der Waals surface area (Å²) in [6.07, 6.45) is 0.701. The minimum atomic E-state index is 0.297. The van der Waals surface area contributed by atoms with E-state index in [1.165, 1.54) is 0 Å². The van der Waals surface area contributed by atoms with E-state index in [2.05, 4.69) is 34.6 Å². The van der Waals surface area contributed by atoms with Gasteiger partial charge < -0.3 is 9.47 Å². The van der Waals surface area contributed by atoms with Gasteiger partial charge in [0.2, 0.25) is 0 Å². The SMILES string of the molecule is CC(C)C1COC2C1OCC2C(C)(C)C. The van der Waals surface area contributed by atoms with Gasteiger partial charge >= 0.3 is 0 Å². The molecule has 2 fully saturated rings. The van der Waals surface area contributed by atoms with Crippen LogP contribution in [0.15, 0.2) is 0 Å². The summed E-state index contributed by atoms with van der Waals surface area (Å²) >= 11 is 0. The maximum absolute atomic E-state index is 5.96. The van der Waals surface area contributed by atoms with Gasteiger partial charge in [-0.2, -0.15) is 0 Å². The molecule has 0 spiro atoms. The molecule has 88 valence electrons. The lowest BCUT2D eigenvalue weighted by atomic mass is 9.76. The molecule has 2 aliphatic heterocycles. The number of ether oxygens (including phenoxy) is 2. The zero-order valence-corrected chi connectivity index (χ0v) is 10.6. The molecule has 0 aliphatic carbocycles. The minimum Gasteiger partial charge on any atom is -0.375 e. The molecule has 0 radical (unpaired) electrons. The Morgan fingerprint density at radius 1 is 1.00 bits per heavy atom. The highest BCUT2D eigenvalue weighted by molar-refractivity contribution is 4.98. The van der Waals surface area contributed by atoms with Crippen LogP contribution in [-0.4, -0.2) is 25.4 Å². The van der Waals surface area contributed by atoms with Gasteiger partial charge in [0, 0.05) is 11.8 Å². The van der Waals surface area contributed by atoms with Gasteiger partial charge in [0.05, 0.1) is 25.4 Å². The Bertz CT molecular complexity index is 229. The fraction of sp³-hybridized carbons (Fsp3) is 1.00. The summed E-state index contributed by atoms with van der Waals surface area (Å²) in [5.41, 5.74) is 0.297. The van der Waals surface area contributed by atoms with Crippen molar-refractivity contribution in [3.63, 3.8) is 0 Å². The van der Waals surface area contributed by atoms with E-state index < -0.39 is 0 Å². The summed E-state index contributed by atoms with van der Waals surface area (Å²) in [6, 6.07) is 0. The van der Waals surface area contributed by atoms with E-state index in [9.17, 15) is 0 Å². The summed E-state index contributed by atoms with van der Waals surface area (Å²) in [5, 5.41) is 0. The first-order chi connectivity index (χ1) is 6.91. The minimum absolute atomic E-state index is 0.297. The molecule has 0 bridgehead atoms. The smallest absolute Gasteiger partial charge is 0.0895 e. The highest BCUT2D eigenvalue weighted by atomic mass is 16.6. The lowest BCUT2D eigenvalue weighted by Gasteiger charge is -2.29. The molecule has 15 heavy (non-hydrogen) atoms. The van der Waals surface area contributed by atoms with Crippen molar-refractivity contribution in [1.82, 2.24) is 0 Å². The fourth-order valence-corrected chi connectivity index (χ4v) is 2.84. The van der Waals surface area contributed by atoms with E-state index in [1.54, 1.807) is 0 Å². The van der Waals surface area contributed by atoms with Gasteiger partial charge in [-0.25, -0.2) is 0 Å². The first-order valence-electron chi connectivity index (χ1n) is 6.14. The van der Waals surface area contributed by atoms with Crippen molar-refractivity contribution in [3.8, 4) is 0 Å². The van der Waals surface area contributed by atoms with E-state index in [0.717, 1.165) is 13.2 Å². The van der Waals surface area contributed by atoms with Gasteiger partial charge in [0.15, 0.2) is 0 Å². The summed E-state index contributed by atoms with van der Waals surface area (Å²) in [7, 11) is 0. The van der Waals surface area contributed by atoms with Crippen molar-refractivity contribution < 1.29 is 9.47 Å². The normalized spacial score (nSPS) is 41.2. The summed E-state index contributed by atoms with van der Waals surface area (Å²) < 4.78 is 11.9. The van der Waals surface area contributed by atoms with Crippen LogP contribution in [0.25, 0.3) is 0 Å². The van der Waals surface area contributed by atoms with Crippen molar-refractivity contribution in [2.24, 2.45) is 23.2 Å². The maximum atomic E-state index is 5.96. The Kier molecular flexibility index (Phi) is 2.85. The third-order valence-electron chi connectivity index (χ3n) is 4.06. The zero-order valence-electron chi connectivity index (χ0n) is 10.6. The zero-order chi connectivity index (χ0) is 11.2. The molecule has 2 heteroatoms. The Labute approximate surface area is 93.3 Å². The molecule has 0 aromatic heterocycles. The lowest BCUT2D eigenvalue weighted by Crippen LogP contribution is -2.34. The Morgan fingerprint density at radius 3 is 2.13 bits per heavy atom. The fourth-order valence-electron chi connectivity index (χ4n) is 2.84. The second-order valence-corrected chi connectivity index (χ2v) is 6.48. The molecule has 0 aromatic rings. The quantitative estimate of drug-likeness (QED) is 0.665. The Hall–Kier alpha value is -0.0800. The summed E-state index contributed by atoms with van der Waals surface area (Å²) in [4.78, 5) is 0. The third kappa shape index (κ3) is 1.94. The topological polar surface area (TPSA) is 18.5 Å². The number of hydrogen-bond donors (Lipinski definition) is 0. The van der Waals surface area contributed by atoms with Crippen LogP contribution < -0.4 is 0 Å². The van der Waals surface area contributed by atoms with Gasteiger partial charge in [0.1, 0.15) is 0 Å². The van der Waals surface area contributed by atoms with Gasteiger partial charge in [0.25, 0.3) is 0 Å². The van der Waals surface area contributed by atoms with Crippen LogP contribution in [0.3, 0.4) is 0 Å². The Balaban J connectivity index is 2.09. The van der Waals surface area contributed by atoms with Gasteiger partial charge in [-0.3, -0.25) is 0 Å². The van der Waals surface area contributed by atoms with Gasteiger partial charge in [-0.05, 0) is 11.3 Å². The standard InChI is InChI=1S/C13H24O2/c1-8(2)9-6-14-12-10(13(3,4)5)7-15-11(9)12/h8-12H,6-7H2,1-5H3. The molecular weight excluding hydrogens is 188 g/mol. The molecule has 0 N–H and O–H groups in total. The second-order valence-electron chi connectivity index (χ2n) is 6.48. The molecule has 0 saturated carbocycles. The van der Waals surface area contributed by atoms with E-state index in [0.29, 0.717) is 35.4 Å². The van der Waals surface area contributed by atoms with E-state index in [-0.39, 0.29) is 0 Å². The van der Waals surface area contributed by atoms with Crippen LogP contribution in [0.2, 0.25) is 0 Å². The van der Waals surface area contributed by atoms with Crippen LogP contribution in [0, 0.1) is 23.2 Å². The van der Waals surface area contributed by atoms with Crippen molar-refractivity contribution >= 4 is 0 Å². The monoisotopic (exact) mass is 212 g/mol.